The van der Waals surface area contributed by atoms with Crippen LogP contribution in [0.25, 0.3) is 0 Å². The summed E-state index contributed by atoms with van der Waals surface area (Å²) in [7, 11) is 0. The van der Waals surface area contributed by atoms with Crippen LogP contribution in [-0.4, -0.2) is 17.9 Å². The molecule has 4 rings (SSSR count). The zero-order chi connectivity index (χ0) is 25.8. The molecule has 0 saturated carbocycles. The molecule has 0 amide bonds. The van der Waals surface area contributed by atoms with E-state index < -0.39 is 16.8 Å². The number of para-hydroxylation sites is 1. The van der Waals surface area contributed by atoms with Crippen molar-refractivity contribution in [3.8, 4) is 11.5 Å². The van der Waals surface area contributed by atoms with Crippen molar-refractivity contribution >= 4 is 5.97 Å². The molecule has 0 aliphatic heterocycles. The molecule has 4 aromatic rings. The Balaban J connectivity index is 1.86. The van der Waals surface area contributed by atoms with Crippen LogP contribution < -0.4 is 9.47 Å². The first-order valence-corrected chi connectivity index (χ1v) is 12.1. The molecule has 0 unspecified atom stereocenters. The third kappa shape index (κ3) is 5.13. The molecular formula is C32H32O4. The molecule has 0 bridgehead atoms. The second-order valence-corrected chi connectivity index (χ2v) is 9.91. The molecule has 0 radical (unpaired) electrons. The molecule has 4 aromatic carbocycles. The van der Waals surface area contributed by atoms with Crippen molar-refractivity contribution in [2.75, 3.05) is 6.79 Å². The van der Waals surface area contributed by atoms with Gasteiger partial charge in [-0.3, -0.25) is 0 Å². The summed E-state index contributed by atoms with van der Waals surface area (Å²) in [6.45, 7) is 8.30. The van der Waals surface area contributed by atoms with Crippen molar-refractivity contribution in [3.63, 3.8) is 0 Å². The van der Waals surface area contributed by atoms with E-state index in [1.54, 1.807) is 6.07 Å². The third-order valence-electron chi connectivity index (χ3n) is 6.88. The Labute approximate surface area is 213 Å². The van der Waals surface area contributed by atoms with Crippen LogP contribution in [0.15, 0.2) is 103 Å². The van der Waals surface area contributed by atoms with E-state index in [4.69, 9.17) is 9.47 Å². The highest BCUT2D eigenvalue weighted by atomic mass is 16.7. The van der Waals surface area contributed by atoms with Gasteiger partial charge in [0.15, 0.2) is 0 Å². The summed E-state index contributed by atoms with van der Waals surface area (Å²) in [6.07, 6.45) is 0. The topological polar surface area (TPSA) is 55.8 Å². The molecule has 4 nitrogen and oxygen atoms in total. The summed E-state index contributed by atoms with van der Waals surface area (Å²) in [5.74, 6) is -0.0690. The first kappa shape index (κ1) is 25.1. The second-order valence-electron chi connectivity index (χ2n) is 9.91. The molecule has 0 heterocycles. The van der Waals surface area contributed by atoms with Crippen LogP contribution >= 0.6 is 0 Å². The largest absolute Gasteiger partial charge is 0.478 e. The lowest BCUT2D eigenvalue weighted by molar-refractivity contribution is 0.0681. The number of aromatic carboxylic acids is 1. The maximum Gasteiger partial charge on any atom is 0.339 e. The van der Waals surface area contributed by atoms with Crippen molar-refractivity contribution in [2.24, 2.45) is 0 Å². The Hall–Kier alpha value is -4.05. The summed E-state index contributed by atoms with van der Waals surface area (Å²) < 4.78 is 11.9. The summed E-state index contributed by atoms with van der Waals surface area (Å²) in [6, 6.07) is 33.3. The standard InChI is InChI=1S/C32H32O4/c1-31(2,23-14-8-5-9-15-23)25-20-27(30(33)34)29(36-22-35-26-18-12-7-13-19-26)28(21-25)32(3,4)24-16-10-6-11-17-24/h5-21H,22H2,1-4H3,(H,33,34). The minimum Gasteiger partial charge on any atom is -0.478 e. The molecule has 0 saturated heterocycles. The SMILES string of the molecule is CC(C)(c1ccccc1)c1cc(C(=O)O)c(OCOc2ccccc2)c(C(C)(C)c2ccccc2)c1. The highest BCUT2D eigenvalue weighted by Gasteiger charge is 2.34. The Morgan fingerprint density at radius 1 is 0.667 bits per heavy atom. The average Bonchev–Trinajstić information content (AvgIpc) is 2.90. The van der Waals surface area contributed by atoms with Crippen molar-refractivity contribution in [2.45, 2.75) is 38.5 Å². The summed E-state index contributed by atoms with van der Waals surface area (Å²) in [4.78, 5) is 12.6. The van der Waals surface area contributed by atoms with Crippen LogP contribution in [0.5, 0.6) is 11.5 Å². The van der Waals surface area contributed by atoms with Gasteiger partial charge in [-0.25, -0.2) is 4.79 Å². The minimum atomic E-state index is -1.04. The molecule has 0 aromatic heterocycles. The Morgan fingerprint density at radius 2 is 1.17 bits per heavy atom. The van der Waals surface area contributed by atoms with Crippen LogP contribution in [0.3, 0.4) is 0 Å². The van der Waals surface area contributed by atoms with Crippen molar-refractivity contribution in [1.82, 2.24) is 0 Å². The van der Waals surface area contributed by atoms with E-state index in [9.17, 15) is 9.90 Å². The Bertz CT molecular complexity index is 1310. The highest BCUT2D eigenvalue weighted by molar-refractivity contribution is 5.92. The first-order valence-electron chi connectivity index (χ1n) is 12.1. The van der Waals surface area contributed by atoms with Crippen LogP contribution in [0, 0.1) is 0 Å². The van der Waals surface area contributed by atoms with Gasteiger partial charge in [0.1, 0.15) is 17.1 Å². The smallest absolute Gasteiger partial charge is 0.339 e. The lowest BCUT2D eigenvalue weighted by Crippen LogP contribution is -2.26. The van der Waals surface area contributed by atoms with Gasteiger partial charge < -0.3 is 14.6 Å². The van der Waals surface area contributed by atoms with Gasteiger partial charge in [0.2, 0.25) is 6.79 Å². The summed E-state index contributed by atoms with van der Waals surface area (Å²) in [5, 5.41) is 10.3. The molecule has 0 spiro atoms. The van der Waals surface area contributed by atoms with Crippen LogP contribution in [-0.2, 0) is 10.8 Å². The lowest BCUT2D eigenvalue weighted by Gasteiger charge is -2.33. The number of carboxylic acids is 1. The van der Waals surface area contributed by atoms with Gasteiger partial charge in [-0.2, -0.15) is 0 Å². The quantitative estimate of drug-likeness (QED) is 0.253. The predicted molar refractivity (Wildman–Crippen MR) is 143 cm³/mol. The molecule has 184 valence electrons. The molecular weight excluding hydrogens is 448 g/mol. The average molecular weight is 481 g/mol. The van der Waals surface area contributed by atoms with Crippen molar-refractivity contribution in [1.29, 1.82) is 0 Å². The lowest BCUT2D eigenvalue weighted by atomic mass is 9.72. The number of carbonyl (C=O) groups is 1. The second kappa shape index (κ2) is 10.3. The molecule has 0 atom stereocenters. The van der Waals surface area contributed by atoms with E-state index in [1.165, 1.54) is 0 Å². The fourth-order valence-corrected chi connectivity index (χ4v) is 4.47. The monoisotopic (exact) mass is 480 g/mol. The van der Waals surface area contributed by atoms with E-state index in [-0.39, 0.29) is 12.4 Å². The number of ether oxygens (including phenoxy) is 2. The summed E-state index contributed by atoms with van der Waals surface area (Å²) in [5.41, 5.74) is 3.02. The van der Waals surface area contributed by atoms with Gasteiger partial charge in [0.25, 0.3) is 0 Å². The van der Waals surface area contributed by atoms with E-state index in [1.807, 2.05) is 66.7 Å². The van der Waals surface area contributed by atoms with Gasteiger partial charge in [0, 0.05) is 16.4 Å². The molecule has 1 N–H and O–H groups in total. The minimum absolute atomic E-state index is 0.108. The number of hydrogen-bond donors (Lipinski definition) is 1. The van der Waals surface area contributed by atoms with Crippen LogP contribution in [0.1, 0.15) is 60.3 Å². The number of hydrogen-bond acceptors (Lipinski definition) is 3. The van der Waals surface area contributed by atoms with Crippen LogP contribution in [0.4, 0.5) is 0 Å². The number of carboxylic acid groups (broad SMARTS) is 1. The molecule has 0 fully saturated rings. The Morgan fingerprint density at radius 3 is 1.69 bits per heavy atom. The normalized spacial score (nSPS) is 11.7. The van der Waals surface area contributed by atoms with E-state index >= 15 is 0 Å². The maximum absolute atomic E-state index is 12.6. The van der Waals surface area contributed by atoms with Crippen molar-refractivity contribution < 1.29 is 19.4 Å². The highest BCUT2D eigenvalue weighted by Crippen LogP contribution is 2.43. The zero-order valence-electron chi connectivity index (χ0n) is 21.2. The third-order valence-corrected chi connectivity index (χ3v) is 6.88. The van der Waals surface area contributed by atoms with Gasteiger partial charge in [-0.1, -0.05) is 113 Å². The number of benzene rings is 4. The Kier molecular flexibility index (Phi) is 7.16. The van der Waals surface area contributed by atoms with Gasteiger partial charge in [0.05, 0.1) is 0 Å². The predicted octanol–water partition coefficient (Wildman–Crippen LogP) is 7.45. The van der Waals surface area contributed by atoms with Gasteiger partial charge >= 0.3 is 5.97 Å². The van der Waals surface area contributed by atoms with E-state index in [2.05, 4.69) is 58.0 Å². The van der Waals surface area contributed by atoms with E-state index in [0.29, 0.717) is 11.5 Å². The maximum atomic E-state index is 12.6. The first-order chi connectivity index (χ1) is 17.2. The van der Waals surface area contributed by atoms with Crippen LogP contribution in [0.2, 0.25) is 0 Å². The van der Waals surface area contributed by atoms with Crippen molar-refractivity contribution in [3.05, 3.63) is 131 Å². The number of rotatable bonds is 9. The molecule has 0 aliphatic carbocycles. The van der Waals surface area contributed by atoms with E-state index in [0.717, 1.165) is 22.3 Å². The molecule has 36 heavy (non-hydrogen) atoms. The summed E-state index contributed by atoms with van der Waals surface area (Å²) >= 11 is 0. The zero-order valence-corrected chi connectivity index (χ0v) is 21.2. The molecule has 4 heteroatoms. The van der Waals surface area contributed by atoms with Gasteiger partial charge in [-0.15, -0.1) is 0 Å². The van der Waals surface area contributed by atoms with Gasteiger partial charge in [-0.05, 0) is 34.9 Å². The fraction of sp³-hybridized carbons (Fsp3) is 0.219. The molecule has 0 aliphatic rings. The fourth-order valence-electron chi connectivity index (χ4n) is 4.47.